The number of carbonyl (C=O) groups excluding carboxylic acids is 1. The highest BCUT2D eigenvalue weighted by molar-refractivity contribution is 7.19. The van der Waals surface area contributed by atoms with Gasteiger partial charge in [-0.3, -0.25) is 9.69 Å². The van der Waals surface area contributed by atoms with Gasteiger partial charge in [0.05, 0.1) is 30.6 Å². The number of hydrogen-bond acceptors (Lipinski definition) is 6. The van der Waals surface area contributed by atoms with Crippen LogP contribution in [0.4, 0.5) is 0 Å². The fraction of sp³-hybridized carbons (Fsp3) is 0.500. The first kappa shape index (κ1) is 23.0. The van der Waals surface area contributed by atoms with Crippen molar-refractivity contribution in [3.63, 3.8) is 0 Å². The number of aromatic nitrogens is 1. The summed E-state index contributed by atoms with van der Waals surface area (Å²) in [4.78, 5) is 22.8. The van der Waals surface area contributed by atoms with Crippen LogP contribution in [0.3, 0.4) is 0 Å². The third-order valence-corrected chi connectivity index (χ3v) is 8.97. The van der Waals surface area contributed by atoms with Gasteiger partial charge in [0.25, 0.3) is 0 Å². The second-order valence-corrected chi connectivity index (χ2v) is 11.0. The van der Waals surface area contributed by atoms with E-state index in [2.05, 4.69) is 15.2 Å². The first-order chi connectivity index (χ1) is 17.3. The molecule has 35 heavy (non-hydrogen) atoms. The number of ether oxygens (including phenoxy) is 2. The zero-order valence-corrected chi connectivity index (χ0v) is 20.9. The maximum absolute atomic E-state index is 13.2. The smallest absolute Gasteiger partial charge is 0.227 e. The molecule has 1 saturated heterocycles. The van der Waals surface area contributed by atoms with Crippen molar-refractivity contribution in [1.29, 1.82) is 0 Å². The second kappa shape index (κ2) is 10.2. The van der Waals surface area contributed by atoms with Gasteiger partial charge in [0.1, 0.15) is 10.6 Å². The van der Waals surface area contributed by atoms with Crippen molar-refractivity contribution in [3.05, 3.63) is 58.6 Å². The van der Waals surface area contributed by atoms with Crippen LogP contribution in [-0.2, 0) is 22.5 Å². The Balaban J connectivity index is 1.16. The molecule has 6 nitrogen and oxygen atoms in total. The van der Waals surface area contributed by atoms with Crippen LogP contribution >= 0.6 is 11.3 Å². The van der Waals surface area contributed by atoms with E-state index in [9.17, 15) is 4.79 Å². The lowest BCUT2D eigenvalue weighted by Crippen LogP contribution is -2.46. The Labute approximate surface area is 210 Å². The Morgan fingerprint density at radius 2 is 1.89 bits per heavy atom. The minimum absolute atomic E-state index is 0.105. The normalized spacial score (nSPS) is 24.9. The molecule has 0 unspecified atom stereocenters. The van der Waals surface area contributed by atoms with Crippen molar-refractivity contribution in [1.82, 2.24) is 15.2 Å². The predicted molar refractivity (Wildman–Crippen MR) is 138 cm³/mol. The number of morpholine rings is 1. The van der Waals surface area contributed by atoms with Gasteiger partial charge in [-0.05, 0) is 55.7 Å². The zero-order chi connectivity index (χ0) is 23.6. The van der Waals surface area contributed by atoms with Crippen molar-refractivity contribution < 1.29 is 14.3 Å². The van der Waals surface area contributed by atoms with Crippen molar-refractivity contribution >= 4 is 27.5 Å². The average Bonchev–Trinajstić information content (AvgIpc) is 3.49. The highest BCUT2D eigenvalue weighted by atomic mass is 32.1. The standard InChI is InChI=1S/C28H33N3O3S/c32-27(30-18-19-4-2-1-3-5-19)22-10-11-24-25(22)26-23(12-13-29-28(26)35-24)34-21-8-6-20(7-9-21)31-14-16-33-17-15-31/h1-5,12-13,20-22H,6-11,14-18H2,(H,30,32)/t20-,21-,22-/m0/s1. The number of hydrogen-bond donors (Lipinski definition) is 1. The van der Waals surface area contributed by atoms with Gasteiger partial charge in [-0.15, -0.1) is 11.3 Å². The van der Waals surface area contributed by atoms with Crippen molar-refractivity contribution in [2.75, 3.05) is 26.3 Å². The molecule has 2 fully saturated rings. The molecule has 1 aromatic carbocycles. The van der Waals surface area contributed by atoms with Crippen molar-refractivity contribution in [2.24, 2.45) is 0 Å². The Morgan fingerprint density at radius 1 is 1.09 bits per heavy atom. The molecule has 6 rings (SSSR count). The van der Waals surface area contributed by atoms with Gasteiger partial charge < -0.3 is 14.8 Å². The molecule has 1 amide bonds. The van der Waals surface area contributed by atoms with Crippen molar-refractivity contribution in [2.45, 2.75) is 63.1 Å². The van der Waals surface area contributed by atoms with Crippen LogP contribution < -0.4 is 10.1 Å². The number of thiophene rings is 1. The minimum atomic E-state index is -0.133. The van der Waals surface area contributed by atoms with Crippen LogP contribution in [0.15, 0.2) is 42.6 Å². The van der Waals surface area contributed by atoms with Crippen LogP contribution in [-0.4, -0.2) is 54.2 Å². The van der Waals surface area contributed by atoms with Gasteiger partial charge in [-0.25, -0.2) is 4.98 Å². The van der Waals surface area contributed by atoms with Gasteiger partial charge in [0.2, 0.25) is 5.91 Å². The number of benzene rings is 1. The Morgan fingerprint density at radius 3 is 2.69 bits per heavy atom. The lowest BCUT2D eigenvalue weighted by atomic mass is 9.91. The summed E-state index contributed by atoms with van der Waals surface area (Å²) >= 11 is 1.73. The molecule has 3 aliphatic rings. The number of carbonyl (C=O) groups is 1. The summed E-state index contributed by atoms with van der Waals surface area (Å²) in [5.74, 6) is 0.879. The van der Waals surface area contributed by atoms with Gasteiger partial charge in [-0.2, -0.15) is 0 Å². The summed E-state index contributed by atoms with van der Waals surface area (Å²) in [5, 5.41) is 4.23. The number of aryl methyl sites for hydroxylation is 1. The van der Waals surface area contributed by atoms with E-state index < -0.39 is 0 Å². The SMILES string of the molecule is O=C(NCc1ccccc1)[C@H]1CCc2sc3nccc(O[C@H]4CC[C@H](N5CCOCC5)CC4)c3c21. The third kappa shape index (κ3) is 4.82. The number of pyridine rings is 1. The molecule has 0 bridgehead atoms. The van der Waals surface area contributed by atoms with Gasteiger partial charge in [0.15, 0.2) is 0 Å². The average molecular weight is 492 g/mol. The largest absolute Gasteiger partial charge is 0.490 e. The minimum Gasteiger partial charge on any atom is -0.490 e. The Bertz CT molecular complexity index is 1170. The van der Waals surface area contributed by atoms with Crippen molar-refractivity contribution in [3.8, 4) is 5.75 Å². The Hall–Kier alpha value is -2.48. The predicted octanol–water partition coefficient (Wildman–Crippen LogP) is 4.66. The van der Waals surface area contributed by atoms with Crippen LogP contribution in [0.2, 0.25) is 0 Å². The van der Waals surface area contributed by atoms with Crippen LogP contribution in [0.25, 0.3) is 10.2 Å². The molecule has 0 spiro atoms. The van der Waals surface area contributed by atoms with Gasteiger partial charge in [0, 0.05) is 36.8 Å². The summed E-state index contributed by atoms with van der Waals surface area (Å²) < 4.78 is 12.2. The van der Waals surface area contributed by atoms with E-state index in [0.29, 0.717) is 12.6 Å². The van der Waals surface area contributed by atoms with E-state index in [0.717, 1.165) is 79.1 Å². The number of fused-ring (bicyclic) bond motifs is 3. The highest BCUT2D eigenvalue weighted by Crippen LogP contribution is 2.47. The third-order valence-electron chi connectivity index (χ3n) is 7.80. The molecule has 184 valence electrons. The number of rotatable bonds is 6. The van der Waals surface area contributed by atoms with E-state index in [-0.39, 0.29) is 17.9 Å². The number of amides is 1. The zero-order valence-electron chi connectivity index (χ0n) is 20.1. The van der Waals surface area contributed by atoms with E-state index >= 15 is 0 Å². The molecular weight excluding hydrogens is 458 g/mol. The van der Waals surface area contributed by atoms with Gasteiger partial charge in [-0.1, -0.05) is 30.3 Å². The molecule has 1 saturated carbocycles. The molecule has 1 N–H and O–H groups in total. The number of nitrogens with zero attached hydrogens (tertiary/aromatic N) is 2. The summed E-state index contributed by atoms with van der Waals surface area (Å²) in [6.07, 6.45) is 8.35. The summed E-state index contributed by atoms with van der Waals surface area (Å²) in [7, 11) is 0. The molecule has 3 heterocycles. The fourth-order valence-electron chi connectivity index (χ4n) is 5.96. The number of nitrogens with one attached hydrogen (secondary N) is 1. The van der Waals surface area contributed by atoms with E-state index in [4.69, 9.17) is 9.47 Å². The van der Waals surface area contributed by atoms with Crippen LogP contribution in [0.5, 0.6) is 5.75 Å². The lowest BCUT2D eigenvalue weighted by Gasteiger charge is -2.38. The molecule has 2 aliphatic carbocycles. The first-order valence-corrected chi connectivity index (χ1v) is 13.8. The summed E-state index contributed by atoms with van der Waals surface area (Å²) in [6.45, 7) is 4.37. The molecule has 1 atom stereocenters. The maximum atomic E-state index is 13.2. The van der Waals surface area contributed by atoms with E-state index in [1.54, 1.807) is 11.3 Å². The fourth-order valence-corrected chi connectivity index (χ4v) is 7.19. The molecule has 3 aromatic rings. The van der Waals surface area contributed by atoms with Gasteiger partial charge >= 0.3 is 0 Å². The quantitative estimate of drug-likeness (QED) is 0.543. The lowest BCUT2D eigenvalue weighted by molar-refractivity contribution is -0.122. The van der Waals surface area contributed by atoms with Crippen LogP contribution in [0, 0.1) is 0 Å². The highest BCUT2D eigenvalue weighted by Gasteiger charge is 2.35. The molecular formula is C28H33N3O3S. The van der Waals surface area contributed by atoms with E-state index in [1.165, 1.54) is 17.7 Å². The van der Waals surface area contributed by atoms with Crippen LogP contribution in [0.1, 0.15) is 54.0 Å². The Kier molecular flexibility index (Phi) is 6.72. The first-order valence-electron chi connectivity index (χ1n) is 13.0. The second-order valence-electron chi connectivity index (χ2n) is 9.92. The molecule has 7 heteroatoms. The summed E-state index contributed by atoms with van der Waals surface area (Å²) in [6, 6.07) is 12.8. The van der Waals surface area contributed by atoms with E-state index in [1.807, 2.05) is 42.6 Å². The topological polar surface area (TPSA) is 63.7 Å². The molecule has 1 aliphatic heterocycles. The maximum Gasteiger partial charge on any atom is 0.227 e. The molecule has 0 radical (unpaired) electrons. The molecule has 2 aromatic heterocycles. The summed E-state index contributed by atoms with van der Waals surface area (Å²) in [5.41, 5.74) is 2.27. The monoisotopic (exact) mass is 491 g/mol.